The molecule has 0 amide bonds. The number of benzene rings is 1. The van der Waals surface area contributed by atoms with Gasteiger partial charge in [-0.15, -0.1) is 0 Å². The van der Waals surface area contributed by atoms with Crippen molar-refractivity contribution in [1.82, 2.24) is 4.98 Å². The molecule has 2 rings (SSSR count). The van der Waals surface area contributed by atoms with Crippen LogP contribution in [-0.2, 0) is 11.9 Å². The zero-order valence-corrected chi connectivity index (χ0v) is 11.7. The Hall–Kier alpha value is -1.13. The molecule has 2 aromatic rings. The second kappa shape index (κ2) is 6.16. The van der Waals surface area contributed by atoms with Gasteiger partial charge in [0.2, 0.25) is 0 Å². The van der Waals surface area contributed by atoms with Gasteiger partial charge in [0.1, 0.15) is 18.2 Å². The fraction of sp³-hybridized carbons (Fsp3) is 0.154. The van der Waals surface area contributed by atoms with Crippen LogP contribution in [-0.4, -0.2) is 4.98 Å². The molecule has 0 atom stereocenters. The van der Waals surface area contributed by atoms with Crippen molar-refractivity contribution < 1.29 is 9.13 Å². The van der Waals surface area contributed by atoms with Crippen molar-refractivity contribution >= 4 is 27.5 Å². The first kappa shape index (κ1) is 13.3. The van der Waals surface area contributed by atoms with E-state index < -0.39 is 0 Å². The van der Waals surface area contributed by atoms with Gasteiger partial charge in [0.25, 0.3) is 0 Å². The third-order valence-electron chi connectivity index (χ3n) is 2.37. The first-order valence-corrected chi connectivity index (χ1v) is 6.77. The molecule has 1 aromatic heterocycles. The molecule has 5 heteroatoms. The highest BCUT2D eigenvalue weighted by Gasteiger charge is 2.06. The van der Waals surface area contributed by atoms with E-state index in [9.17, 15) is 4.39 Å². The highest BCUT2D eigenvalue weighted by molar-refractivity contribution is 9.08. The minimum absolute atomic E-state index is 0.148. The van der Waals surface area contributed by atoms with Crippen LogP contribution in [0.5, 0.6) is 5.75 Å². The van der Waals surface area contributed by atoms with Gasteiger partial charge in [-0.3, -0.25) is 4.98 Å². The van der Waals surface area contributed by atoms with Crippen LogP contribution in [0.2, 0.25) is 5.02 Å². The first-order valence-electron chi connectivity index (χ1n) is 5.27. The van der Waals surface area contributed by atoms with E-state index in [1.165, 1.54) is 6.07 Å². The van der Waals surface area contributed by atoms with Gasteiger partial charge < -0.3 is 4.74 Å². The Morgan fingerprint density at radius 1 is 1.33 bits per heavy atom. The molecule has 0 saturated heterocycles. The molecule has 0 N–H and O–H groups in total. The summed E-state index contributed by atoms with van der Waals surface area (Å²) in [5, 5.41) is 0.963. The molecule has 0 spiro atoms. The zero-order chi connectivity index (χ0) is 13.0. The molecule has 94 valence electrons. The molecule has 18 heavy (non-hydrogen) atoms. The normalized spacial score (nSPS) is 10.4. The van der Waals surface area contributed by atoms with Gasteiger partial charge >= 0.3 is 0 Å². The van der Waals surface area contributed by atoms with Crippen LogP contribution in [0.15, 0.2) is 36.5 Å². The molecule has 0 bridgehead atoms. The quantitative estimate of drug-likeness (QED) is 0.778. The lowest BCUT2D eigenvalue weighted by Crippen LogP contribution is -2.01. The summed E-state index contributed by atoms with van der Waals surface area (Å²) in [5.74, 6) is 0.274. The standard InChI is InChI=1S/C13H10BrClFNO/c14-7-12-13(2-1-5-17-12)18-8-9-3-4-10(15)6-11(9)16/h1-6H,7-8H2. The zero-order valence-electron chi connectivity index (χ0n) is 9.37. The Kier molecular flexibility index (Phi) is 4.55. The summed E-state index contributed by atoms with van der Waals surface area (Å²) in [6.45, 7) is 0.148. The van der Waals surface area contributed by atoms with Crippen LogP contribution in [0.4, 0.5) is 4.39 Å². The lowest BCUT2D eigenvalue weighted by Gasteiger charge is -2.09. The molecular weight excluding hydrogens is 321 g/mol. The summed E-state index contributed by atoms with van der Waals surface area (Å²) >= 11 is 9.01. The topological polar surface area (TPSA) is 22.1 Å². The number of alkyl halides is 1. The summed E-state index contributed by atoms with van der Waals surface area (Å²) < 4.78 is 19.1. The molecule has 1 aromatic carbocycles. The van der Waals surface area contributed by atoms with Gasteiger partial charge in [0.05, 0.1) is 5.69 Å². The maximum Gasteiger partial charge on any atom is 0.142 e. The highest BCUT2D eigenvalue weighted by Crippen LogP contribution is 2.21. The Morgan fingerprint density at radius 3 is 2.89 bits per heavy atom. The summed E-state index contributed by atoms with van der Waals surface area (Å²) in [6, 6.07) is 8.10. The monoisotopic (exact) mass is 329 g/mol. The van der Waals surface area contributed by atoms with Gasteiger partial charge in [0.15, 0.2) is 0 Å². The van der Waals surface area contributed by atoms with Gasteiger partial charge in [-0.25, -0.2) is 4.39 Å². The molecule has 1 heterocycles. The van der Waals surface area contributed by atoms with Crippen LogP contribution >= 0.6 is 27.5 Å². The lowest BCUT2D eigenvalue weighted by molar-refractivity contribution is 0.296. The third kappa shape index (κ3) is 3.21. The number of pyridine rings is 1. The molecular formula is C13H10BrClFNO. The molecule has 0 aliphatic carbocycles. The fourth-order valence-electron chi connectivity index (χ4n) is 1.45. The second-order valence-corrected chi connectivity index (χ2v) is 4.60. The third-order valence-corrected chi connectivity index (χ3v) is 3.14. The van der Waals surface area contributed by atoms with E-state index >= 15 is 0 Å². The van der Waals surface area contributed by atoms with Gasteiger partial charge in [-0.05, 0) is 24.3 Å². The smallest absolute Gasteiger partial charge is 0.142 e. The minimum atomic E-state index is -0.369. The Balaban J connectivity index is 2.11. The summed E-state index contributed by atoms with van der Waals surface area (Å²) in [6.07, 6.45) is 1.69. The minimum Gasteiger partial charge on any atom is -0.487 e. The van der Waals surface area contributed by atoms with Gasteiger partial charge in [-0.2, -0.15) is 0 Å². The maximum atomic E-state index is 13.5. The maximum absolute atomic E-state index is 13.5. The number of nitrogens with zero attached hydrogens (tertiary/aromatic N) is 1. The predicted molar refractivity (Wildman–Crippen MR) is 72.6 cm³/mol. The average molecular weight is 331 g/mol. The van der Waals surface area contributed by atoms with E-state index in [4.69, 9.17) is 16.3 Å². The van der Waals surface area contributed by atoms with Crippen molar-refractivity contribution in [2.75, 3.05) is 0 Å². The largest absolute Gasteiger partial charge is 0.487 e. The number of hydrogen-bond acceptors (Lipinski definition) is 2. The van der Waals surface area contributed by atoms with E-state index in [0.29, 0.717) is 21.7 Å². The lowest BCUT2D eigenvalue weighted by atomic mass is 10.2. The van der Waals surface area contributed by atoms with E-state index in [0.717, 1.165) is 5.69 Å². The fourth-order valence-corrected chi connectivity index (χ4v) is 2.03. The van der Waals surface area contributed by atoms with Crippen molar-refractivity contribution in [3.63, 3.8) is 0 Å². The van der Waals surface area contributed by atoms with Crippen LogP contribution in [0, 0.1) is 5.82 Å². The SMILES string of the molecule is Fc1cc(Cl)ccc1COc1cccnc1CBr. The Morgan fingerprint density at radius 2 is 2.17 bits per heavy atom. The first-order chi connectivity index (χ1) is 8.70. The van der Waals surface area contributed by atoms with E-state index in [2.05, 4.69) is 20.9 Å². The van der Waals surface area contributed by atoms with Crippen molar-refractivity contribution in [2.24, 2.45) is 0 Å². The summed E-state index contributed by atoms with van der Waals surface area (Å²) in [4.78, 5) is 4.16. The number of halogens is 3. The van der Waals surface area contributed by atoms with Crippen molar-refractivity contribution in [2.45, 2.75) is 11.9 Å². The Bertz CT molecular complexity index is 550. The highest BCUT2D eigenvalue weighted by atomic mass is 79.9. The molecule has 0 fully saturated rings. The van der Waals surface area contributed by atoms with Crippen LogP contribution in [0.3, 0.4) is 0 Å². The number of rotatable bonds is 4. The summed E-state index contributed by atoms with van der Waals surface area (Å²) in [5.41, 5.74) is 1.25. The van der Waals surface area contributed by atoms with Crippen molar-refractivity contribution in [3.8, 4) is 5.75 Å². The number of ether oxygens (including phenoxy) is 1. The molecule has 2 nitrogen and oxygen atoms in total. The number of hydrogen-bond donors (Lipinski definition) is 0. The van der Waals surface area contributed by atoms with Crippen LogP contribution in [0.25, 0.3) is 0 Å². The van der Waals surface area contributed by atoms with Gasteiger partial charge in [-0.1, -0.05) is 33.6 Å². The average Bonchev–Trinajstić information content (AvgIpc) is 2.38. The molecule has 0 saturated carbocycles. The van der Waals surface area contributed by atoms with Crippen LogP contribution in [0.1, 0.15) is 11.3 Å². The van der Waals surface area contributed by atoms with E-state index in [1.807, 2.05) is 0 Å². The van der Waals surface area contributed by atoms with E-state index in [-0.39, 0.29) is 12.4 Å². The van der Waals surface area contributed by atoms with Gasteiger partial charge in [0, 0.05) is 22.1 Å². The van der Waals surface area contributed by atoms with Crippen molar-refractivity contribution in [3.05, 3.63) is 58.6 Å². The van der Waals surface area contributed by atoms with Crippen molar-refractivity contribution in [1.29, 1.82) is 0 Å². The molecule has 0 aliphatic rings. The van der Waals surface area contributed by atoms with Crippen LogP contribution < -0.4 is 4.74 Å². The number of aromatic nitrogens is 1. The summed E-state index contributed by atoms with van der Waals surface area (Å²) in [7, 11) is 0. The second-order valence-electron chi connectivity index (χ2n) is 3.61. The molecule has 0 radical (unpaired) electrons. The molecule has 0 aliphatic heterocycles. The van der Waals surface area contributed by atoms with E-state index in [1.54, 1.807) is 30.5 Å². The predicted octanol–water partition coefficient (Wildman–Crippen LogP) is 4.35. The Labute approximate surface area is 118 Å². The molecule has 0 unspecified atom stereocenters.